The zero-order valence-electron chi connectivity index (χ0n) is 34.0. The van der Waals surface area contributed by atoms with E-state index in [9.17, 15) is 76.3 Å². The Morgan fingerprint density at radius 2 is 1.29 bits per heavy atom. The van der Waals surface area contributed by atoms with Crippen LogP contribution in [0.15, 0.2) is 60.4 Å². The Kier molecular flexibility index (Phi) is 14.3. The first-order valence-corrected chi connectivity index (χ1v) is 20.0. The van der Waals surface area contributed by atoms with Gasteiger partial charge in [0.2, 0.25) is 12.6 Å². The standard InChI is InChI=1S/C42H48O23/c1-15-38(65-28(48)7-4-16-2-5-18(44)6-3-16)34(54)37(57)40(59-15)58-14-27-31(51)33(53)36(56)42(64-27)62-25-12-20-23(60-39(25)17-8-21(46)29(49)22(47)9-17)10-19(45)11-24(20)61-41-35(55)32(52)30(50)26(13-43)63-41/h2-12,15,26-27,30-47,49-57H,13-14H2,1H3/p+1. The molecule has 4 aliphatic heterocycles. The predicted octanol–water partition coefficient (Wildman–Crippen LogP) is -2.34. The van der Waals surface area contributed by atoms with Crippen LogP contribution in [0.3, 0.4) is 0 Å². The topological polar surface area (TPSA) is 378 Å². The summed E-state index contributed by atoms with van der Waals surface area (Å²) in [6.45, 7) is -0.0383. The highest BCUT2D eigenvalue weighted by Gasteiger charge is 2.50. The van der Waals surface area contributed by atoms with E-state index in [0.29, 0.717) is 5.56 Å². The molecule has 15 N–H and O–H groups in total. The monoisotopic (exact) mass is 921 g/mol. The van der Waals surface area contributed by atoms with Crippen molar-refractivity contribution in [3.63, 3.8) is 0 Å². The first-order valence-electron chi connectivity index (χ1n) is 20.0. The first kappa shape index (κ1) is 47.5. The molecule has 0 radical (unpaired) electrons. The lowest BCUT2D eigenvalue weighted by Crippen LogP contribution is -2.61. The van der Waals surface area contributed by atoms with Crippen molar-refractivity contribution < 1.29 is 114 Å². The molecule has 7 rings (SSSR count). The van der Waals surface area contributed by atoms with Crippen molar-refractivity contribution in [1.29, 1.82) is 0 Å². The van der Waals surface area contributed by atoms with Gasteiger partial charge in [0.15, 0.2) is 35.4 Å². The quantitative estimate of drug-likeness (QED) is 0.0392. The van der Waals surface area contributed by atoms with Crippen LogP contribution in [-0.4, -0.2) is 188 Å². The number of carbonyl (C=O) groups excluding carboxylic acids is 1. The van der Waals surface area contributed by atoms with Crippen LogP contribution in [0.25, 0.3) is 12.2 Å². The summed E-state index contributed by atoms with van der Waals surface area (Å²) in [6, 6.07) is 10.2. The summed E-state index contributed by atoms with van der Waals surface area (Å²) in [4.78, 5) is 12.6. The van der Waals surface area contributed by atoms with Gasteiger partial charge < -0.3 is 109 Å². The molecule has 0 amide bonds. The maximum absolute atomic E-state index is 12.6. The molecule has 0 spiro atoms. The molecule has 3 aromatic carbocycles. The molecule has 0 bridgehead atoms. The molecule has 354 valence electrons. The first-order chi connectivity index (χ1) is 30.8. The Bertz CT molecular complexity index is 2190. The lowest BCUT2D eigenvalue weighted by molar-refractivity contribution is -0.325. The molecular weight excluding hydrogens is 872 g/mol. The van der Waals surface area contributed by atoms with Crippen molar-refractivity contribution in [3.05, 3.63) is 77.1 Å². The number of aliphatic hydroxyl groups is 10. The van der Waals surface area contributed by atoms with Gasteiger partial charge in [0.25, 0.3) is 11.9 Å². The molecule has 4 aliphatic rings. The van der Waals surface area contributed by atoms with E-state index >= 15 is 0 Å². The van der Waals surface area contributed by atoms with E-state index in [-0.39, 0.29) is 34.1 Å². The molecule has 3 aromatic rings. The molecule has 4 heterocycles. The molecule has 0 aliphatic carbocycles. The third-order valence-electron chi connectivity index (χ3n) is 11.1. The fourth-order valence-electron chi connectivity index (χ4n) is 7.49. The number of ether oxygens (including phenoxy) is 8. The smallest absolute Gasteiger partial charge is 0.331 e. The highest BCUT2D eigenvalue weighted by atomic mass is 16.7. The molecule has 16 unspecified atom stereocenters. The molecule has 3 saturated heterocycles. The number of hydrogen-bond acceptors (Lipinski definition) is 22. The van der Waals surface area contributed by atoms with E-state index in [2.05, 4.69) is 4.74 Å². The van der Waals surface area contributed by atoms with Gasteiger partial charge in [-0.3, -0.25) is 0 Å². The second-order valence-corrected chi connectivity index (χ2v) is 15.7. The average molecular weight is 922 g/mol. The van der Waals surface area contributed by atoms with Crippen molar-refractivity contribution in [2.75, 3.05) is 13.2 Å². The van der Waals surface area contributed by atoms with E-state index in [1.165, 1.54) is 31.2 Å². The lowest BCUT2D eigenvalue weighted by Gasteiger charge is -2.43. The number of rotatable bonds is 12. The summed E-state index contributed by atoms with van der Waals surface area (Å²) in [5.41, 5.74) is 0.494. The Morgan fingerprint density at radius 3 is 1.94 bits per heavy atom. The number of phenols is 5. The van der Waals surface area contributed by atoms with Gasteiger partial charge >= 0.3 is 5.97 Å². The number of fused-ring (bicyclic) bond motifs is 1. The Balaban J connectivity index is 1.10. The highest BCUT2D eigenvalue weighted by Crippen LogP contribution is 2.48. The van der Waals surface area contributed by atoms with Gasteiger partial charge in [0, 0.05) is 18.2 Å². The van der Waals surface area contributed by atoms with Crippen LogP contribution in [0.5, 0.6) is 40.2 Å². The van der Waals surface area contributed by atoms with Gasteiger partial charge in [-0.2, -0.15) is 0 Å². The minimum Gasteiger partial charge on any atom is -0.571 e. The Labute approximate surface area is 367 Å². The molecule has 3 fully saturated rings. The van der Waals surface area contributed by atoms with Crippen LogP contribution in [0.1, 0.15) is 29.7 Å². The Morgan fingerprint density at radius 1 is 0.692 bits per heavy atom. The van der Waals surface area contributed by atoms with Crippen LogP contribution in [0.4, 0.5) is 0 Å². The molecular formula is C42H49O23+. The zero-order chi connectivity index (χ0) is 47.0. The van der Waals surface area contributed by atoms with Crippen molar-refractivity contribution in [2.45, 2.75) is 105 Å². The normalized spacial score (nSPS) is 34.8. The molecule has 0 aromatic heterocycles. The van der Waals surface area contributed by atoms with Crippen molar-refractivity contribution in [2.24, 2.45) is 0 Å². The van der Waals surface area contributed by atoms with Crippen LogP contribution < -0.4 is 4.74 Å². The van der Waals surface area contributed by atoms with Crippen LogP contribution in [0, 0.1) is 0 Å². The average Bonchev–Trinajstić information content (AvgIpc) is 3.27. The van der Waals surface area contributed by atoms with Gasteiger partial charge in [-0.05, 0) is 42.8 Å². The Hall–Kier alpha value is -5.51. The molecule has 23 heteroatoms. The maximum Gasteiger partial charge on any atom is 0.331 e. The van der Waals surface area contributed by atoms with Crippen LogP contribution in [-0.2, 0) is 33.2 Å². The number of phenolic OH excluding ortho intramolecular Hbond substituents is 5. The third-order valence-corrected chi connectivity index (χ3v) is 11.1. The van der Waals surface area contributed by atoms with Crippen molar-refractivity contribution in [1.82, 2.24) is 0 Å². The van der Waals surface area contributed by atoms with E-state index in [1.54, 1.807) is 12.1 Å². The largest absolute Gasteiger partial charge is 0.571 e. The summed E-state index contributed by atoms with van der Waals surface area (Å²) < 4.78 is 44.5. The van der Waals surface area contributed by atoms with Gasteiger partial charge in [0.1, 0.15) is 83.9 Å². The molecule has 16 atom stereocenters. The molecule has 23 nitrogen and oxygen atoms in total. The van der Waals surface area contributed by atoms with Gasteiger partial charge in [-0.15, -0.1) is 0 Å². The van der Waals surface area contributed by atoms with E-state index in [0.717, 1.165) is 30.3 Å². The summed E-state index contributed by atoms with van der Waals surface area (Å²) in [5.74, 6) is -4.38. The summed E-state index contributed by atoms with van der Waals surface area (Å²) in [5, 5.41) is 147. The highest BCUT2D eigenvalue weighted by molar-refractivity contribution is 5.87. The van der Waals surface area contributed by atoms with E-state index < -0.39 is 140 Å². The van der Waals surface area contributed by atoms with E-state index in [1.807, 2.05) is 0 Å². The van der Waals surface area contributed by atoms with Crippen molar-refractivity contribution in [3.8, 4) is 40.2 Å². The number of carbonyl (C=O) groups is 1. The van der Waals surface area contributed by atoms with Crippen LogP contribution >= 0.6 is 0 Å². The number of esters is 1. The molecule has 65 heavy (non-hydrogen) atoms. The summed E-state index contributed by atoms with van der Waals surface area (Å²) in [7, 11) is 0. The third kappa shape index (κ3) is 10.0. The summed E-state index contributed by atoms with van der Waals surface area (Å²) >= 11 is 0. The summed E-state index contributed by atoms with van der Waals surface area (Å²) in [6.07, 6.45) is -23.2. The van der Waals surface area contributed by atoms with Gasteiger partial charge in [-0.1, -0.05) is 12.1 Å². The number of aromatic hydroxyl groups is 6. The zero-order valence-corrected chi connectivity index (χ0v) is 34.0. The number of hydrogen-bond donors (Lipinski definition) is 14. The van der Waals surface area contributed by atoms with Crippen LogP contribution in [0.2, 0.25) is 0 Å². The second-order valence-electron chi connectivity index (χ2n) is 15.7. The molecule has 0 saturated carbocycles. The van der Waals surface area contributed by atoms with Gasteiger partial charge in [0.05, 0.1) is 30.9 Å². The van der Waals surface area contributed by atoms with Gasteiger partial charge in [-0.25, -0.2) is 4.79 Å². The second kappa shape index (κ2) is 19.5. The SMILES string of the molecule is CC1OC(OCC2OC(OC3=Cc4c(OC5OC(CO)C(O)C(O)C5O)cc(O)cc4[OH+]C3c3cc(O)c(O)c(O)c3)C(O)C(O)C2O)C(O)C(O)C1OC(=O)C=Cc1ccc(O)cc1. The van der Waals surface area contributed by atoms with Crippen molar-refractivity contribution >= 4 is 18.1 Å². The lowest BCUT2D eigenvalue weighted by atomic mass is 9.98. The minimum absolute atomic E-state index is 0.0162. The fraction of sp³-hybridized carbons (Fsp3) is 0.452. The minimum atomic E-state index is -2.01. The van der Waals surface area contributed by atoms with E-state index in [4.69, 9.17) is 33.2 Å². The number of benzene rings is 3. The maximum atomic E-state index is 12.6. The fourth-order valence-corrected chi connectivity index (χ4v) is 7.49. The number of aliphatic hydroxyl groups excluding tert-OH is 9. The predicted molar refractivity (Wildman–Crippen MR) is 213 cm³/mol.